The molecule has 0 bridgehead atoms. The van der Waals surface area contributed by atoms with Gasteiger partial charge in [0.1, 0.15) is 18.9 Å². The van der Waals surface area contributed by atoms with Crippen molar-refractivity contribution >= 4 is 16.2 Å². The number of ketones is 1. The van der Waals surface area contributed by atoms with E-state index in [1.54, 1.807) is 0 Å². The zero-order valence-electron chi connectivity index (χ0n) is 23.9. The number of rotatable bonds is 12. The number of nitrogens with zero attached hydrogens (tertiary/aromatic N) is 1. The summed E-state index contributed by atoms with van der Waals surface area (Å²) in [5.74, 6) is 1.07. The maximum atomic E-state index is 13.2. The van der Waals surface area contributed by atoms with E-state index in [0.717, 1.165) is 59.2 Å². The lowest BCUT2D eigenvalue weighted by Crippen LogP contribution is -2.46. The van der Waals surface area contributed by atoms with Gasteiger partial charge in [0.05, 0.1) is 27.2 Å². The molecule has 3 rings (SSSR count). The predicted molar refractivity (Wildman–Crippen MR) is 156 cm³/mol. The third-order valence-corrected chi connectivity index (χ3v) is 7.88. The van der Waals surface area contributed by atoms with E-state index in [2.05, 4.69) is 69.3 Å². The van der Waals surface area contributed by atoms with Crippen molar-refractivity contribution in [1.82, 2.24) is 0 Å². The zero-order chi connectivity index (χ0) is 29.1. The minimum absolute atomic E-state index is 0.149. The lowest BCUT2D eigenvalue weighted by atomic mass is 9.72. The van der Waals surface area contributed by atoms with Crippen LogP contribution in [0.1, 0.15) is 54.2 Å². The van der Waals surface area contributed by atoms with E-state index in [1.807, 2.05) is 48.5 Å². The van der Waals surface area contributed by atoms with Crippen LogP contribution in [0, 0.1) is 6.92 Å². The summed E-state index contributed by atoms with van der Waals surface area (Å²) in [5, 5.41) is 0. The molecular formula is C31H42NO6S+. The number of hydrogen-bond acceptors (Lipinski definition) is 5. The van der Waals surface area contributed by atoms with Crippen LogP contribution >= 0.6 is 0 Å². The standard InChI is InChI=1S/C30H38NO2.CH4O4S/c1-6-31(5,7-2)20-21-33-29-19-18-27(22-24(29)3)30(4,26-16-12-9-13-17-26)23-28(32)25-14-10-8-11-15-25;1-5-6(2,3)4/h8-19,22H,6-7,20-21,23H2,1-5H3;1H3,(H,2,3,4)/q+1;. The van der Waals surface area contributed by atoms with Crippen molar-refractivity contribution in [3.8, 4) is 5.75 Å². The number of benzene rings is 3. The number of carbonyl (C=O) groups excluding carboxylic acids is 1. The molecule has 0 heterocycles. The van der Waals surface area contributed by atoms with Crippen molar-refractivity contribution in [3.05, 3.63) is 101 Å². The first-order valence-corrected chi connectivity index (χ1v) is 14.5. The highest BCUT2D eigenvalue weighted by Gasteiger charge is 2.32. The van der Waals surface area contributed by atoms with Gasteiger partial charge in [0, 0.05) is 17.4 Å². The maximum Gasteiger partial charge on any atom is 0.397 e. The van der Waals surface area contributed by atoms with E-state index in [9.17, 15) is 13.2 Å². The van der Waals surface area contributed by atoms with Crippen LogP contribution in [0.3, 0.4) is 0 Å². The molecule has 1 atom stereocenters. The summed E-state index contributed by atoms with van der Waals surface area (Å²) in [6.07, 6.45) is 0.406. The topological polar surface area (TPSA) is 89.9 Å². The minimum Gasteiger partial charge on any atom is -0.487 e. The van der Waals surface area contributed by atoms with E-state index in [4.69, 9.17) is 9.29 Å². The van der Waals surface area contributed by atoms with E-state index in [-0.39, 0.29) is 5.78 Å². The molecule has 0 aliphatic rings. The first kappa shape index (κ1) is 32.2. The number of aryl methyl sites for hydroxylation is 1. The molecule has 0 aromatic heterocycles. The highest BCUT2D eigenvalue weighted by Crippen LogP contribution is 2.38. The van der Waals surface area contributed by atoms with Gasteiger partial charge in [-0.05, 0) is 43.5 Å². The van der Waals surface area contributed by atoms with Crippen LogP contribution in [-0.2, 0) is 20.0 Å². The van der Waals surface area contributed by atoms with Crippen molar-refractivity contribution < 1.29 is 31.2 Å². The number of hydrogen-bond donors (Lipinski definition) is 1. The van der Waals surface area contributed by atoms with Gasteiger partial charge in [0.15, 0.2) is 5.78 Å². The van der Waals surface area contributed by atoms with Crippen LogP contribution in [0.4, 0.5) is 0 Å². The van der Waals surface area contributed by atoms with E-state index < -0.39 is 15.8 Å². The molecule has 0 fully saturated rings. The molecule has 0 aliphatic heterocycles. The van der Waals surface area contributed by atoms with Crippen LogP contribution in [0.2, 0.25) is 0 Å². The second-order valence-electron chi connectivity index (χ2n) is 10.1. The number of likely N-dealkylation sites (N-methyl/N-ethyl adjacent to an activating group) is 1. The quantitative estimate of drug-likeness (QED) is 0.170. The molecule has 7 nitrogen and oxygen atoms in total. The molecule has 0 saturated carbocycles. The molecule has 1 unspecified atom stereocenters. The Morgan fingerprint density at radius 1 is 0.923 bits per heavy atom. The van der Waals surface area contributed by atoms with Gasteiger partial charge in [0.2, 0.25) is 0 Å². The van der Waals surface area contributed by atoms with Gasteiger partial charge in [-0.3, -0.25) is 13.5 Å². The molecule has 39 heavy (non-hydrogen) atoms. The second-order valence-corrected chi connectivity index (χ2v) is 11.3. The summed E-state index contributed by atoms with van der Waals surface area (Å²) in [7, 11) is -1.02. The van der Waals surface area contributed by atoms with Crippen molar-refractivity contribution in [2.45, 2.75) is 39.5 Å². The Morgan fingerprint density at radius 2 is 1.46 bits per heavy atom. The minimum atomic E-state index is -4.16. The van der Waals surface area contributed by atoms with Gasteiger partial charge in [-0.15, -0.1) is 0 Å². The molecule has 0 saturated heterocycles. The fourth-order valence-electron chi connectivity index (χ4n) is 4.29. The zero-order valence-corrected chi connectivity index (χ0v) is 24.7. The molecule has 3 aromatic rings. The van der Waals surface area contributed by atoms with E-state index in [1.165, 1.54) is 0 Å². The van der Waals surface area contributed by atoms with E-state index in [0.29, 0.717) is 13.0 Å². The number of ether oxygens (including phenoxy) is 1. The predicted octanol–water partition coefficient (Wildman–Crippen LogP) is 5.87. The maximum absolute atomic E-state index is 13.2. The highest BCUT2D eigenvalue weighted by molar-refractivity contribution is 7.80. The summed E-state index contributed by atoms with van der Waals surface area (Å²) in [5.41, 5.74) is 3.69. The first-order chi connectivity index (χ1) is 18.4. The summed E-state index contributed by atoms with van der Waals surface area (Å²) < 4.78 is 36.9. The van der Waals surface area contributed by atoms with E-state index >= 15 is 0 Å². The normalized spacial score (nSPS) is 13.1. The van der Waals surface area contributed by atoms with Crippen LogP contribution in [0.5, 0.6) is 5.75 Å². The Morgan fingerprint density at radius 3 is 1.95 bits per heavy atom. The molecule has 0 aliphatic carbocycles. The molecule has 8 heteroatoms. The molecule has 212 valence electrons. The number of carbonyl (C=O) groups is 1. The van der Waals surface area contributed by atoms with Crippen LogP contribution < -0.4 is 4.74 Å². The third kappa shape index (κ3) is 9.58. The largest absolute Gasteiger partial charge is 0.487 e. The fraction of sp³-hybridized carbons (Fsp3) is 0.387. The Hall–Kier alpha value is -3.04. The lowest BCUT2D eigenvalue weighted by molar-refractivity contribution is -0.906. The second kappa shape index (κ2) is 14.4. The Balaban J connectivity index is 0.000000798. The van der Waals surface area contributed by atoms with Gasteiger partial charge < -0.3 is 9.22 Å². The number of quaternary nitrogens is 1. The van der Waals surface area contributed by atoms with Gasteiger partial charge in [0.25, 0.3) is 0 Å². The summed E-state index contributed by atoms with van der Waals surface area (Å²) >= 11 is 0. The Kier molecular flexibility index (Phi) is 11.9. The Bertz CT molecular complexity index is 1290. The van der Waals surface area contributed by atoms with Crippen molar-refractivity contribution in [3.63, 3.8) is 0 Å². The van der Waals surface area contributed by atoms with Crippen LogP contribution in [0.15, 0.2) is 78.9 Å². The molecule has 0 radical (unpaired) electrons. The average Bonchev–Trinajstić information content (AvgIpc) is 2.94. The lowest BCUT2D eigenvalue weighted by Gasteiger charge is -2.32. The average molecular weight is 557 g/mol. The van der Waals surface area contributed by atoms with Gasteiger partial charge in [-0.25, -0.2) is 0 Å². The first-order valence-electron chi connectivity index (χ1n) is 13.1. The van der Waals surface area contributed by atoms with Crippen molar-refractivity contribution in [1.29, 1.82) is 0 Å². The van der Waals surface area contributed by atoms with Crippen molar-refractivity contribution in [2.75, 3.05) is 40.4 Å². The third-order valence-electron chi connectivity index (χ3n) is 7.46. The van der Waals surface area contributed by atoms with Crippen molar-refractivity contribution in [2.24, 2.45) is 0 Å². The highest BCUT2D eigenvalue weighted by atomic mass is 32.3. The van der Waals surface area contributed by atoms with Gasteiger partial charge >= 0.3 is 10.4 Å². The summed E-state index contributed by atoms with van der Waals surface area (Å²) in [6, 6.07) is 26.3. The smallest absolute Gasteiger partial charge is 0.397 e. The molecule has 0 spiro atoms. The summed E-state index contributed by atoms with van der Waals surface area (Å²) in [6.45, 7) is 12.6. The molecular weight excluding hydrogens is 514 g/mol. The molecule has 0 amide bonds. The Labute approximate surface area is 233 Å². The SMILES string of the molecule is CC[N+](C)(CC)CCOc1ccc(C(C)(CC(=O)c2ccccc2)c2ccccc2)cc1C.COS(=O)(=O)O. The van der Waals surface area contributed by atoms with Crippen LogP contribution in [0.25, 0.3) is 0 Å². The monoisotopic (exact) mass is 556 g/mol. The van der Waals surface area contributed by atoms with Gasteiger partial charge in [-0.1, -0.05) is 79.7 Å². The molecule has 1 N–H and O–H groups in total. The van der Waals surface area contributed by atoms with Gasteiger partial charge in [-0.2, -0.15) is 8.42 Å². The number of Topliss-reactive ketones (excluding diaryl/α,β-unsaturated/α-hetero) is 1. The summed E-state index contributed by atoms with van der Waals surface area (Å²) in [4.78, 5) is 13.2. The molecule has 3 aromatic carbocycles. The van der Waals surface area contributed by atoms with Crippen LogP contribution in [-0.4, -0.2) is 63.6 Å². The fourth-order valence-corrected chi connectivity index (χ4v) is 4.29.